The third-order valence-corrected chi connectivity index (χ3v) is 11.7. The van der Waals surface area contributed by atoms with Crippen LogP contribution in [0.2, 0.25) is 0 Å². The molecule has 3 aromatic rings. The van der Waals surface area contributed by atoms with Gasteiger partial charge in [0, 0.05) is 42.0 Å². The van der Waals surface area contributed by atoms with Crippen molar-refractivity contribution in [2.24, 2.45) is 5.92 Å². The van der Waals surface area contributed by atoms with E-state index >= 15 is 0 Å². The lowest BCUT2D eigenvalue weighted by atomic mass is 10.1. The minimum Gasteiger partial charge on any atom is -0.497 e. The first kappa shape index (κ1) is 39.5. The molecule has 2 saturated carbocycles. The van der Waals surface area contributed by atoms with E-state index in [1.165, 1.54) is 11.0 Å². The maximum absolute atomic E-state index is 14.4. The van der Waals surface area contributed by atoms with E-state index in [0.29, 0.717) is 40.9 Å². The lowest BCUT2D eigenvalue weighted by Gasteiger charge is -2.30. The lowest BCUT2D eigenvalue weighted by molar-refractivity contribution is -0.141. The van der Waals surface area contributed by atoms with E-state index in [4.69, 9.17) is 19.2 Å². The highest BCUT2D eigenvalue weighted by Gasteiger charge is 2.62. The molecule has 4 amide bonds. The van der Waals surface area contributed by atoms with Crippen LogP contribution in [0.15, 0.2) is 67.3 Å². The predicted molar refractivity (Wildman–Crippen MR) is 205 cm³/mol. The molecule has 4 N–H and O–H groups in total. The van der Waals surface area contributed by atoms with Gasteiger partial charge in [-0.1, -0.05) is 36.4 Å². The highest BCUT2D eigenvalue weighted by atomic mass is 32.2. The zero-order valence-corrected chi connectivity index (χ0v) is 32.4. The van der Waals surface area contributed by atoms with Gasteiger partial charge in [-0.05, 0) is 59.2 Å². The van der Waals surface area contributed by atoms with E-state index < -0.39 is 74.3 Å². The number of amides is 4. The number of alkyl carbamates (subject to hydrolysis) is 1. The number of hydrogen-bond acceptors (Lipinski definition) is 11. The largest absolute Gasteiger partial charge is 0.497 e. The SMILES string of the molecule is C=C[C@@H]1C[C@]1(NC(=O)[C@@H]1CC(Oc2cc(-c3ccccc3)nc3cc(OC)ccc23)CN1C(=O)[C@H](CNC)NC(=O)OC(C)(C)C)C(=O)NS(=O)(=O)C1CC1. The van der Waals surface area contributed by atoms with Gasteiger partial charge in [-0.3, -0.25) is 19.1 Å². The van der Waals surface area contributed by atoms with Gasteiger partial charge in [-0.25, -0.2) is 18.2 Å². The van der Waals surface area contributed by atoms with Crippen LogP contribution in [-0.2, 0) is 29.1 Å². The van der Waals surface area contributed by atoms with Crippen LogP contribution in [0.3, 0.4) is 0 Å². The first-order valence-electron chi connectivity index (χ1n) is 18.2. The summed E-state index contributed by atoms with van der Waals surface area (Å²) in [6, 6.07) is 14.4. The topological polar surface area (TPSA) is 194 Å². The van der Waals surface area contributed by atoms with Gasteiger partial charge >= 0.3 is 6.09 Å². The molecule has 0 bridgehead atoms. The quantitative estimate of drug-likeness (QED) is 0.176. The van der Waals surface area contributed by atoms with E-state index in [2.05, 4.69) is 27.3 Å². The number of nitrogens with one attached hydrogen (secondary N) is 4. The van der Waals surface area contributed by atoms with Crippen LogP contribution in [0, 0.1) is 5.92 Å². The number of aromatic nitrogens is 1. The maximum atomic E-state index is 14.4. The van der Waals surface area contributed by atoms with Gasteiger partial charge in [0.05, 0.1) is 30.1 Å². The Labute approximate surface area is 320 Å². The van der Waals surface area contributed by atoms with Crippen molar-refractivity contribution in [3.05, 3.63) is 67.3 Å². The van der Waals surface area contributed by atoms with Gasteiger partial charge in [0.1, 0.15) is 40.8 Å². The molecule has 0 radical (unpaired) electrons. The molecule has 1 aliphatic heterocycles. The average molecular weight is 777 g/mol. The normalized spacial score (nSPS) is 22.6. The van der Waals surface area contributed by atoms with Gasteiger partial charge in [-0.2, -0.15) is 0 Å². The predicted octanol–water partition coefficient (Wildman–Crippen LogP) is 3.04. The molecule has 0 spiro atoms. The number of hydrogen-bond donors (Lipinski definition) is 4. The highest BCUT2D eigenvalue weighted by molar-refractivity contribution is 7.91. The fourth-order valence-electron chi connectivity index (χ4n) is 6.79. The molecule has 294 valence electrons. The molecule has 3 aliphatic rings. The molecule has 5 atom stereocenters. The number of methoxy groups -OCH3 is 1. The minimum atomic E-state index is -3.91. The number of nitrogens with zero attached hydrogens (tertiary/aromatic N) is 2. The van der Waals surface area contributed by atoms with Crippen LogP contribution >= 0.6 is 0 Å². The zero-order valence-electron chi connectivity index (χ0n) is 31.6. The summed E-state index contributed by atoms with van der Waals surface area (Å²) in [4.78, 5) is 61.2. The maximum Gasteiger partial charge on any atom is 0.408 e. The lowest BCUT2D eigenvalue weighted by Crippen LogP contribution is -2.59. The fraction of sp³-hybridized carbons (Fsp3) is 0.462. The number of fused-ring (bicyclic) bond motifs is 1. The second-order valence-electron chi connectivity index (χ2n) is 15.2. The molecular formula is C39H48N6O9S. The van der Waals surface area contributed by atoms with E-state index in [1.54, 1.807) is 53.1 Å². The van der Waals surface area contributed by atoms with Crippen LogP contribution in [-0.4, -0.2) is 104 Å². The van der Waals surface area contributed by atoms with E-state index in [-0.39, 0.29) is 25.9 Å². The number of carbonyl (C=O) groups is 4. The average Bonchev–Trinajstić information content (AvgIpc) is 4.07. The van der Waals surface area contributed by atoms with Crippen molar-refractivity contribution in [3.63, 3.8) is 0 Å². The smallest absolute Gasteiger partial charge is 0.408 e. The molecular weight excluding hydrogens is 729 g/mol. The summed E-state index contributed by atoms with van der Waals surface area (Å²) < 4.78 is 45.1. The van der Waals surface area contributed by atoms with Gasteiger partial charge in [0.15, 0.2) is 0 Å². The molecule has 3 fully saturated rings. The summed E-state index contributed by atoms with van der Waals surface area (Å²) in [5.74, 6) is -1.61. The Balaban J connectivity index is 1.32. The Morgan fingerprint density at radius 1 is 1.09 bits per heavy atom. The molecule has 1 unspecified atom stereocenters. The number of likely N-dealkylation sites (tertiary alicyclic amines) is 1. The highest BCUT2D eigenvalue weighted by Crippen LogP contribution is 2.45. The third kappa shape index (κ3) is 8.86. The Hall–Kier alpha value is -5.22. The van der Waals surface area contributed by atoms with Gasteiger partial charge in [0.25, 0.3) is 5.91 Å². The van der Waals surface area contributed by atoms with Crippen molar-refractivity contribution in [3.8, 4) is 22.8 Å². The Bertz CT molecular complexity index is 2090. The summed E-state index contributed by atoms with van der Waals surface area (Å²) in [5, 5.41) is 8.34. The number of likely N-dealkylation sites (N-methyl/N-ethyl adjacent to an activating group) is 1. The van der Waals surface area contributed by atoms with E-state index in [9.17, 15) is 27.6 Å². The van der Waals surface area contributed by atoms with E-state index in [0.717, 1.165) is 5.56 Å². The first-order chi connectivity index (χ1) is 26.1. The van der Waals surface area contributed by atoms with Crippen LogP contribution in [0.5, 0.6) is 11.5 Å². The second kappa shape index (κ2) is 15.5. The second-order valence-corrected chi connectivity index (χ2v) is 17.1. The molecule has 55 heavy (non-hydrogen) atoms. The number of sulfonamides is 1. The van der Waals surface area contributed by atoms with Crippen LogP contribution in [0.4, 0.5) is 4.79 Å². The fourth-order valence-corrected chi connectivity index (χ4v) is 8.15. The van der Waals surface area contributed by atoms with Crippen LogP contribution < -0.4 is 30.1 Å². The number of pyridine rings is 1. The zero-order chi connectivity index (χ0) is 39.7. The van der Waals surface area contributed by atoms with Crippen molar-refractivity contribution in [1.29, 1.82) is 0 Å². The van der Waals surface area contributed by atoms with Gasteiger partial charge in [0.2, 0.25) is 21.8 Å². The Morgan fingerprint density at radius 2 is 1.82 bits per heavy atom. The third-order valence-electron chi connectivity index (χ3n) is 9.84. The van der Waals surface area contributed by atoms with Gasteiger partial charge in [-0.15, -0.1) is 6.58 Å². The van der Waals surface area contributed by atoms with Gasteiger partial charge < -0.3 is 35.1 Å². The summed E-state index contributed by atoms with van der Waals surface area (Å²) in [7, 11) is -0.735. The standard InChI is InChI=1S/C39H48N6O9S/c1-7-24-20-39(24,36(48)44-55(50,51)27-14-15-27)43-34(46)32-18-26(22-45(32)35(47)31(21-40-5)42-37(49)54-38(2,3)4)53-33-19-29(23-11-9-8-10-12-23)41-30-17-25(52-6)13-16-28(30)33/h7-13,16-17,19,24,26-27,31-32,40H,1,14-15,18,20-22H2,2-6H3,(H,42,49)(H,43,46)(H,44,48)/t24-,26?,31+,32+,39-/m1/s1. The summed E-state index contributed by atoms with van der Waals surface area (Å²) in [6.07, 6.45) is 0.981. The monoisotopic (exact) mass is 776 g/mol. The van der Waals surface area contributed by atoms with Crippen molar-refractivity contribution >= 4 is 44.7 Å². The molecule has 15 nitrogen and oxygen atoms in total. The molecule has 1 aromatic heterocycles. The molecule has 1 saturated heterocycles. The van der Waals surface area contributed by atoms with Crippen LogP contribution in [0.25, 0.3) is 22.2 Å². The number of benzene rings is 2. The molecule has 2 heterocycles. The first-order valence-corrected chi connectivity index (χ1v) is 19.8. The number of ether oxygens (including phenoxy) is 3. The molecule has 16 heteroatoms. The van der Waals surface area contributed by atoms with Crippen molar-refractivity contribution in [1.82, 2.24) is 30.6 Å². The number of rotatable bonds is 14. The van der Waals surface area contributed by atoms with Crippen molar-refractivity contribution in [2.75, 3.05) is 27.2 Å². The van der Waals surface area contributed by atoms with Crippen molar-refractivity contribution < 1.29 is 41.8 Å². The molecule has 2 aromatic carbocycles. The minimum absolute atomic E-state index is 0.00769. The molecule has 6 rings (SSSR count). The summed E-state index contributed by atoms with van der Waals surface area (Å²) >= 11 is 0. The summed E-state index contributed by atoms with van der Waals surface area (Å²) in [6.45, 7) is 8.81. The Morgan fingerprint density at radius 3 is 2.44 bits per heavy atom. The summed E-state index contributed by atoms with van der Waals surface area (Å²) in [5.41, 5.74) is -0.334. The number of carbonyl (C=O) groups excluding carboxylic acids is 4. The van der Waals surface area contributed by atoms with E-state index in [1.807, 2.05) is 36.4 Å². The van der Waals surface area contributed by atoms with Crippen molar-refractivity contribution in [2.45, 2.75) is 81.0 Å². The Kier molecular flexibility index (Phi) is 11.1. The van der Waals surface area contributed by atoms with Crippen LogP contribution in [0.1, 0.15) is 46.5 Å². The molecule has 2 aliphatic carbocycles.